The number of methoxy groups -OCH3 is 1. The van der Waals surface area contributed by atoms with Gasteiger partial charge in [0.15, 0.2) is 6.61 Å². The molecule has 1 aliphatic rings. The van der Waals surface area contributed by atoms with Crippen LogP contribution in [0.4, 0.5) is 0 Å². The smallest absolute Gasteiger partial charge is 0.344 e. The molecule has 3 N–H and O–H groups in total. The van der Waals surface area contributed by atoms with E-state index in [4.69, 9.17) is 33.2 Å². The lowest BCUT2D eigenvalue weighted by Crippen LogP contribution is -2.47. The molecule has 0 bridgehead atoms. The Balaban J connectivity index is -0.000000650. The molecular formula is C43H84O15. The number of phenols is 1. The standard InChI is InChI=1S/C35H52O15.8CH4/c1-8-33(4,30(42)49-16-24(38)15-48-27(39)19-47-25-11-9-23(37)10-12-25)21-35(6,31(43)45-14-13-36)22-34(5,29(41)44-7)20-32(2,3)28(40)50-18-26-17-46-26;;;;;;;;/h9-12,24,26,36-38H,8,13-22H2,1-7H3;8*1H4. The van der Waals surface area contributed by atoms with Crippen molar-refractivity contribution in [2.45, 2.75) is 139 Å². The summed E-state index contributed by atoms with van der Waals surface area (Å²) in [6.07, 6.45) is -1.86. The molecule has 2 rings (SSSR count). The van der Waals surface area contributed by atoms with Crippen LogP contribution in [0.5, 0.6) is 11.5 Å². The van der Waals surface area contributed by atoms with Crippen molar-refractivity contribution in [3.05, 3.63) is 24.3 Å². The van der Waals surface area contributed by atoms with Crippen molar-refractivity contribution in [1.29, 1.82) is 0 Å². The number of phenolic OH excluding ortho intramolecular Hbond substituents is 1. The van der Waals surface area contributed by atoms with Crippen LogP contribution in [-0.4, -0.2) is 111 Å². The lowest BCUT2D eigenvalue weighted by atomic mass is 9.61. The second kappa shape index (κ2) is 30.1. The van der Waals surface area contributed by atoms with Crippen LogP contribution >= 0.6 is 0 Å². The van der Waals surface area contributed by atoms with Gasteiger partial charge in [-0.05, 0) is 84.6 Å². The molecule has 0 amide bonds. The number of hydrogen-bond acceptors (Lipinski definition) is 15. The lowest BCUT2D eigenvalue weighted by molar-refractivity contribution is -0.172. The minimum atomic E-state index is -1.55. The number of benzene rings is 1. The minimum Gasteiger partial charge on any atom is -0.508 e. The summed E-state index contributed by atoms with van der Waals surface area (Å²) in [7, 11) is 1.19. The van der Waals surface area contributed by atoms with Gasteiger partial charge in [0, 0.05) is 0 Å². The van der Waals surface area contributed by atoms with Gasteiger partial charge in [-0.1, -0.05) is 66.3 Å². The van der Waals surface area contributed by atoms with E-state index in [-0.39, 0.29) is 110 Å². The van der Waals surface area contributed by atoms with E-state index >= 15 is 0 Å². The second-order valence-corrected chi connectivity index (χ2v) is 14.1. The van der Waals surface area contributed by atoms with Crippen molar-refractivity contribution < 1.29 is 72.5 Å². The predicted molar refractivity (Wildman–Crippen MR) is 228 cm³/mol. The molecule has 0 spiro atoms. The number of esters is 5. The Labute approximate surface area is 351 Å². The van der Waals surface area contributed by atoms with Gasteiger partial charge in [-0.15, -0.1) is 0 Å². The lowest BCUT2D eigenvalue weighted by Gasteiger charge is -2.42. The molecule has 0 aliphatic carbocycles. The highest BCUT2D eigenvalue weighted by molar-refractivity contribution is 5.84. The van der Waals surface area contributed by atoms with Gasteiger partial charge in [-0.25, -0.2) is 4.79 Å². The Morgan fingerprint density at radius 2 is 1.21 bits per heavy atom. The van der Waals surface area contributed by atoms with Crippen molar-refractivity contribution in [3.63, 3.8) is 0 Å². The number of aliphatic hydroxyl groups excluding tert-OH is 2. The van der Waals surface area contributed by atoms with Gasteiger partial charge in [-0.2, -0.15) is 0 Å². The summed E-state index contributed by atoms with van der Waals surface area (Å²) in [5, 5.41) is 29.0. The average molecular weight is 841 g/mol. The summed E-state index contributed by atoms with van der Waals surface area (Å²) in [6.45, 7) is 7.87. The number of aromatic hydroxyl groups is 1. The Morgan fingerprint density at radius 3 is 1.69 bits per heavy atom. The van der Waals surface area contributed by atoms with Crippen LogP contribution in [0, 0.1) is 21.7 Å². The molecule has 5 atom stereocenters. The molecule has 346 valence electrons. The first kappa shape index (κ1) is 68.7. The second-order valence-electron chi connectivity index (χ2n) is 14.1. The van der Waals surface area contributed by atoms with E-state index in [9.17, 15) is 39.3 Å². The highest BCUT2D eigenvalue weighted by Gasteiger charge is 2.53. The molecule has 1 aromatic carbocycles. The van der Waals surface area contributed by atoms with Gasteiger partial charge in [0.2, 0.25) is 0 Å². The molecular weight excluding hydrogens is 756 g/mol. The van der Waals surface area contributed by atoms with Gasteiger partial charge in [0.25, 0.3) is 0 Å². The largest absolute Gasteiger partial charge is 0.508 e. The molecule has 58 heavy (non-hydrogen) atoms. The quantitative estimate of drug-likeness (QED) is 0.0583. The zero-order valence-corrected chi connectivity index (χ0v) is 30.0. The monoisotopic (exact) mass is 841 g/mol. The van der Waals surface area contributed by atoms with Crippen molar-refractivity contribution in [2.75, 3.05) is 53.4 Å². The van der Waals surface area contributed by atoms with Gasteiger partial charge < -0.3 is 48.5 Å². The summed E-state index contributed by atoms with van der Waals surface area (Å²) in [5.74, 6) is -3.27. The van der Waals surface area contributed by atoms with E-state index < -0.39 is 84.0 Å². The van der Waals surface area contributed by atoms with Crippen LogP contribution in [-0.2, 0) is 52.4 Å². The zero-order valence-electron chi connectivity index (χ0n) is 30.0. The summed E-state index contributed by atoms with van der Waals surface area (Å²) in [5.41, 5.74) is -5.55. The maximum atomic E-state index is 13.6. The number of aliphatic hydroxyl groups is 2. The number of rotatable bonds is 22. The fraction of sp³-hybridized carbons (Fsp3) is 0.744. The zero-order chi connectivity index (χ0) is 37.8. The van der Waals surface area contributed by atoms with E-state index in [0.29, 0.717) is 12.4 Å². The molecule has 15 heteroatoms. The highest BCUT2D eigenvalue weighted by atomic mass is 16.6. The first-order valence-electron chi connectivity index (χ1n) is 16.4. The normalized spacial score (nSPS) is 15.7. The fourth-order valence-corrected chi connectivity index (χ4v) is 5.92. The highest BCUT2D eigenvalue weighted by Crippen LogP contribution is 2.49. The maximum absolute atomic E-state index is 13.6. The maximum Gasteiger partial charge on any atom is 0.344 e. The third kappa shape index (κ3) is 21.2. The SMILES string of the molecule is C.C.C.C.C.C.C.C.CCC(C)(CC(C)(CC(C)(CC(C)(C)C(=O)OCC1CO1)C(=O)OC)C(=O)OCCO)C(=O)OCC(O)COC(=O)COc1ccc(O)cc1. The molecule has 5 unspecified atom stereocenters. The Morgan fingerprint density at radius 1 is 0.724 bits per heavy atom. The molecule has 15 nitrogen and oxygen atoms in total. The van der Waals surface area contributed by atoms with E-state index in [2.05, 4.69) is 0 Å². The fourth-order valence-electron chi connectivity index (χ4n) is 5.92. The van der Waals surface area contributed by atoms with E-state index in [1.165, 1.54) is 38.3 Å². The molecule has 1 aliphatic heterocycles. The first-order valence-corrected chi connectivity index (χ1v) is 16.4. The van der Waals surface area contributed by atoms with E-state index in [1.54, 1.807) is 34.6 Å². The predicted octanol–water partition coefficient (Wildman–Crippen LogP) is 7.58. The number of ether oxygens (including phenoxy) is 7. The molecule has 1 saturated heterocycles. The van der Waals surface area contributed by atoms with Crippen LogP contribution < -0.4 is 4.74 Å². The average Bonchev–Trinajstić information content (AvgIpc) is 3.90. The Kier molecular flexibility index (Phi) is 35.7. The summed E-state index contributed by atoms with van der Waals surface area (Å²) >= 11 is 0. The van der Waals surface area contributed by atoms with Crippen molar-refractivity contribution in [1.82, 2.24) is 0 Å². The minimum absolute atomic E-state index is 0. The van der Waals surface area contributed by atoms with Gasteiger partial charge in [-0.3, -0.25) is 19.2 Å². The number of carbonyl (C=O) groups excluding carboxylic acids is 5. The van der Waals surface area contributed by atoms with Crippen LogP contribution in [0.25, 0.3) is 0 Å². The summed E-state index contributed by atoms with van der Waals surface area (Å²) < 4.78 is 36.6. The van der Waals surface area contributed by atoms with Gasteiger partial charge in [0.1, 0.15) is 50.1 Å². The molecule has 0 aromatic heterocycles. The number of epoxide rings is 1. The molecule has 0 saturated carbocycles. The third-order valence-corrected chi connectivity index (χ3v) is 8.55. The van der Waals surface area contributed by atoms with Crippen LogP contribution in [0.3, 0.4) is 0 Å². The van der Waals surface area contributed by atoms with Crippen LogP contribution in [0.2, 0.25) is 0 Å². The molecule has 0 radical (unpaired) electrons. The van der Waals surface area contributed by atoms with Gasteiger partial charge in [0.05, 0.1) is 42.0 Å². The number of carbonyl (C=O) groups is 5. The molecule has 1 heterocycles. The van der Waals surface area contributed by atoms with Crippen molar-refractivity contribution in [3.8, 4) is 11.5 Å². The molecule has 1 aromatic rings. The van der Waals surface area contributed by atoms with Crippen LogP contribution in [0.15, 0.2) is 24.3 Å². The Hall–Kier alpha value is -3.95. The van der Waals surface area contributed by atoms with Crippen molar-refractivity contribution in [2.24, 2.45) is 21.7 Å². The topological polar surface area (TPSA) is 214 Å². The van der Waals surface area contributed by atoms with Crippen molar-refractivity contribution >= 4 is 29.8 Å². The number of hydrogen-bond donors (Lipinski definition) is 3. The van der Waals surface area contributed by atoms with Gasteiger partial charge >= 0.3 is 29.8 Å². The van der Waals surface area contributed by atoms with Crippen LogP contribution in [0.1, 0.15) is 127 Å². The summed E-state index contributed by atoms with van der Waals surface area (Å²) in [4.78, 5) is 65.6. The first-order chi connectivity index (χ1) is 23.3. The van der Waals surface area contributed by atoms with E-state index in [0.717, 1.165) is 0 Å². The third-order valence-electron chi connectivity index (χ3n) is 8.55. The van der Waals surface area contributed by atoms with E-state index in [1.807, 2.05) is 0 Å². The molecule has 1 fully saturated rings. The summed E-state index contributed by atoms with van der Waals surface area (Å²) in [6, 6.07) is 5.68. The Bertz CT molecular complexity index is 1310.